The van der Waals surface area contributed by atoms with Gasteiger partial charge in [0.15, 0.2) is 0 Å². The summed E-state index contributed by atoms with van der Waals surface area (Å²) in [6, 6.07) is 0. The molecule has 1 nitrogen and oxygen atoms in total. The van der Waals surface area contributed by atoms with E-state index in [0.29, 0.717) is 22.3 Å². The van der Waals surface area contributed by atoms with Gasteiger partial charge in [0, 0.05) is 7.11 Å². The van der Waals surface area contributed by atoms with Crippen LogP contribution in [0.15, 0.2) is 23.8 Å². The van der Waals surface area contributed by atoms with E-state index >= 15 is 0 Å². The highest BCUT2D eigenvalue weighted by atomic mass is 16.5. The average Bonchev–Trinajstić information content (AvgIpc) is 3.08. The van der Waals surface area contributed by atoms with E-state index in [1.165, 1.54) is 69.8 Å². The monoisotopic (exact) mass is 482 g/mol. The van der Waals surface area contributed by atoms with Crippen LogP contribution in [0.1, 0.15) is 127 Å². The Morgan fingerprint density at radius 1 is 1.06 bits per heavy atom. The molecule has 4 rings (SSSR count). The van der Waals surface area contributed by atoms with Crippen molar-refractivity contribution < 1.29 is 4.74 Å². The Bertz CT molecular complexity index is 847. The van der Waals surface area contributed by atoms with Gasteiger partial charge in [0.1, 0.15) is 0 Å². The predicted molar refractivity (Wildman–Crippen MR) is 151 cm³/mol. The molecule has 0 aromatic carbocycles. The lowest BCUT2D eigenvalue weighted by atomic mass is 9.41. The summed E-state index contributed by atoms with van der Waals surface area (Å²) in [6.07, 6.45) is 16.3. The first kappa shape index (κ1) is 27.5. The topological polar surface area (TPSA) is 9.23 Å². The molecule has 0 saturated heterocycles. The van der Waals surface area contributed by atoms with Gasteiger partial charge in [-0.15, -0.1) is 0 Å². The van der Waals surface area contributed by atoms with Crippen molar-refractivity contribution in [3.63, 3.8) is 0 Å². The molecule has 8 atom stereocenters. The lowest BCUT2D eigenvalue weighted by Crippen LogP contribution is -2.58. The van der Waals surface area contributed by atoms with E-state index in [2.05, 4.69) is 75.0 Å². The van der Waals surface area contributed by atoms with Crippen molar-refractivity contribution in [1.82, 2.24) is 0 Å². The molecule has 4 aliphatic carbocycles. The summed E-state index contributed by atoms with van der Waals surface area (Å²) in [5.74, 6) is 3.15. The molecule has 0 N–H and O–H groups in total. The van der Waals surface area contributed by atoms with Crippen molar-refractivity contribution in [2.24, 2.45) is 50.7 Å². The molecule has 0 aromatic rings. The first-order chi connectivity index (χ1) is 16.2. The van der Waals surface area contributed by atoms with E-state index in [4.69, 9.17) is 4.74 Å². The largest absolute Gasteiger partial charge is 0.381 e. The second-order valence-electron chi connectivity index (χ2n) is 15.4. The average molecular weight is 483 g/mol. The van der Waals surface area contributed by atoms with Gasteiger partial charge in [-0.25, -0.2) is 0 Å². The summed E-state index contributed by atoms with van der Waals surface area (Å²) >= 11 is 0. The molecule has 3 saturated carbocycles. The molecule has 0 spiro atoms. The first-order valence-electron chi connectivity index (χ1n) is 15.1. The SMILES string of the molecule is C=C(CCC(C)C1CCC2(C)C3CCC4C(C)(CCC(OC)C4(C)C)C3=CCC12C)C(C)(C)CC. The third-order valence-electron chi connectivity index (χ3n) is 13.5. The van der Waals surface area contributed by atoms with Crippen LogP contribution >= 0.6 is 0 Å². The van der Waals surface area contributed by atoms with Crippen LogP contribution in [0.5, 0.6) is 0 Å². The number of hydrogen-bond acceptors (Lipinski definition) is 1. The molecule has 0 amide bonds. The van der Waals surface area contributed by atoms with Gasteiger partial charge in [0.05, 0.1) is 6.10 Å². The van der Waals surface area contributed by atoms with Gasteiger partial charge in [-0.2, -0.15) is 0 Å². The zero-order chi connectivity index (χ0) is 26.0. The minimum absolute atomic E-state index is 0.261. The van der Waals surface area contributed by atoms with Crippen molar-refractivity contribution in [3.8, 4) is 0 Å². The van der Waals surface area contributed by atoms with Gasteiger partial charge in [-0.1, -0.05) is 86.1 Å². The van der Waals surface area contributed by atoms with Crippen molar-refractivity contribution in [1.29, 1.82) is 0 Å². The number of ether oxygens (including phenoxy) is 1. The van der Waals surface area contributed by atoms with E-state index in [1.807, 2.05) is 12.7 Å². The maximum atomic E-state index is 6.02. The molecule has 4 aliphatic rings. The highest BCUT2D eigenvalue weighted by Gasteiger charge is 2.65. The van der Waals surface area contributed by atoms with Gasteiger partial charge in [-0.05, 0) is 115 Å². The van der Waals surface area contributed by atoms with Crippen LogP contribution in [-0.4, -0.2) is 13.2 Å². The molecule has 8 unspecified atom stereocenters. The molecule has 0 aliphatic heterocycles. The Morgan fingerprint density at radius 3 is 2.37 bits per heavy atom. The van der Waals surface area contributed by atoms with Crippen LogP contribution in [0.25, 0.3) is 0 Å². The summed E-state index contributed by atoms with van der Waals surface area (Å²) in [7, 11) is 1.94. The molecule has 35 heavy (non-hydrogen) atoms. The standard InChI is InChI=1S/C34H58O/c1-12-30(4,5)24(3)14-13-23(2)25-17-21-34(10)27-15-16-28-31(6,7)29(35-11)19-20-32(28,8)26(27)18-22-33(25,34)9/h18,23,25,27-29H,3,12-17,19-22H2,1-2,4-11H3. The zero-order valence-electron chi connectivity index (χ0n) is 25.2. The molecule has 3 fully saturated rings. The Labute approximate surface area is 218 Å². The van der Waals surface area contributed by atoms with Gasteiger partial charge >= 0.3 is 0 Å². The zero-order valence-corrected chi connectivity index (χ0v) is 25.2. The van der Waals surface area contributed by atoms with Crippen molar-refractivity contribution in [2.75, 3.05) is 7.11 Å². The summed E-state index contributed by atoms with van der Waals surface area (Å²) in [6.45, 7) is 27.2. The van der Waals surface area contributed by atoms with Crippen LogP contribution < -0.4 is 0 Å². The fourth-order valence-corrected chi connectivity index (χ4v) is 10.3. The molecule has 0 aromatic heterocycles. The molecular formula is C34H58O. The van der Waals surface area contributed by atoms with Crippen molar-refractivity contribution in [3.05, 3.63) is 23.8 Å². The lowest BCUT2D eigenvalue weighted by molar-refractivity contribution is -0.130. The van der Waals surface area contributed by atoms with E-state index in [1.54, 1.807) is 0 Å². The van der Waals surface area contributed by atoms with Crippen molar-refractivity contribution >= 4 is 0 Å². The number of hydrogen-bond donors (Lipinski definition) is 0. The van der Waals surface area contributed by atoms with Crippen LogP contribution in [0.4, 0.5) is 0 Å². The smallest absolute Gasteiger partial charge is 0.0625 e. The van der Waals surface area contributed by atoms with E-state index in [-0.39, 0.29) is 10.8 Å². The fraction of sp³-hybridized carbons (Fsp3) is 0.882. The Hall–Kier alpha value is -0.560. The summed E-state index contributed by atoms with van der Waals surface area (Å²) in [4.78, 5) is 0. The minimum atomic E-state index is 0.261. The van der Waals surface area contributed by atoms with Crippen LogP contribution in [0.2, 0.25) is 0 Å². The van der Waals surface area contributed by atoms with Gasteiger partial charge in [0.25, 0.3) is 0 Å². The number of fused-ring (bicyclic) bond motifs is 5. The quantitative estimate of drug-likeness (QED) is 0.328. The molecule has 0 heterocycles. The normalized spacial score (nSPS) is 43.5. The minimum Gasteiger partial charge on any atom is -0.381 e. The van der Waals surface area contributed by atoms with Crippen LogP contribution in [0.3, 0.4) is 0 Å². The fourth-order valence-electron chi connectivity index (χ4n) is 10.3. The van der Waals surface area contributed by atoms with Gasteiger partial charge in [0.2, 0.25) is 0 Å². The van der Waals surface area contributed by atoms with Crippen molar-refractivity contribution in [2.45, 2.75) is 133 Å². The molecule has 0 bridgehead atoms. The second-order valence-corrected chi connectivity index (χ2v) is 15.4. The second kappa shape index (κ2) is 9.03. The third-order valence-corrected chi connectivity index (χ3v) is 13.5. The van der Waals surface area contributed by atoms with Gasteiger partial charge < -0.3 is 4.74 Å². The maximum absolute atomic E-state index is 6.02. The Kier molecular flexibility index (Phi) is 7.09. The van der Waals surface area contributed by atoms with Crippen LogP contribution in [-0.2, 0) is 4.74 Å². The highest BCUT2D eigenvalue weighted by molar-refractivity contribution is 5.32. The Balaban J connectivity index is 1.57. The number of methoxy groups -OCH3 is 1. The number of rotatable bonds is 7. The molecular weight excluding hydrogens is 424 g/mol. The summed E-state index contributed by atoms with van der Waals surface area (Å²) < 4.78 is 6.02. The molecule has 200 valence electrons. The predicted octanol–water partition coefficient (Wildman–Crippen LogP) is 10.0. The van der Waals surface area contributed by atoms with E-state index in [0.717, 1.165) is 23.7 Å². The van der Waals surface area contributed by atoms with Gasteiger partial charge in [-0.3, -0.25) is 0 Å². The Morgan fingerprint density at radius 2 is 1.74 bits per heavy atom. The van der Waals surface area contributed by atoms with E-state index in [9.17, 15) is 0 Å². The number of allylic oxidation sites excluding steroid dienone is 3. The lowest BCUT2D eigenvalue weighted by Gasteiger charge is -2.64. The molecule has 1 heteroatoms. The third kappa shape index (κ3) is 3.95. The summed E-state index contributed by atoms with van der Waals surface area (Å²) in [5, 5.41) is 0. The van der Waals surface area contributed by atoms with Crippen LogP contribution in [0, 0.1) is 50.7 Å². The summed E-state index contributed by atoms with van der Waals surface area (Å²) in [5.41, 5.74) is 5.11. The first-order valence-corrected chi connectivity index (χ1v) is 15.1. The van der Waals surface area contributed by atoms with E-state index < -0.39 is 0 Å². The maximum Gasteiger partial charge on any atom is 0.0625 e. The highest BCUT2D eigenvalue weighted by Crippen LogP contribution is 2.73. The molecule has 0 radical (unpaired) electrons.